The minimum absolute atomic E-state index is 0.441. The van der Waals surface area contributed by atoms with Crippen LogP contribution in [0.2, 0.25) is 0 Å². The van der Waals surface area contributed by atoms with Crippen molar-refractivity contribution in [1.29, 1.82) is 0 Å². The van der Waals surface area contributed by atoms with Crippen LogP contribution in [-0.4, -0.2) is 16.6 Å². The van der Waals surface area contributed by atoms with Gasteiger partial charge in [0.2, 0.25) is 0 Å². The minimum atomic E-state index is 0.441. The number of nitrogens with one attached hydrogen (secondary N) is 1. The summed E-state index contributed by atoms with van der Waals surface area (Å²) in [6.45, 7) is 4.57. The Hall–Kier alpha value is -1.62. The number of rotatable bonds is 4. The van der Waals surface area contributed by atoms with Gasteiger partial charge in [-0.3, -0.25) is 0 Å². The van der Waals surface area contributed by atoms with E-state index in [1.807, 2.05) is 19.2 Å². The molecular formula is C12H15N3OS. The summed E-state index contributed by atoms with van der Waals surface area (Å²) in [6, 6.07) is 6.04. The van der Waals surface area contributed by atoms with Gasteiger partial charge in [-0.15, -0.1) is 5.10 Å². The van der Waals surface area contributed by atoms with E-state index in [-0.39, 0.29) is 0 Å². The molecule has 4 nitrogen and oxygen atoms in total. The molecule has 0 bridgehead atoms. The molecule has 0 fully saturated rings. The van der Waals surface area contributed by atoms with Gasteiger partial charge in [0.1, 0.15) is 23.1 Å². The number of nitrogens with zero attached hydrogens (tertiary/aromatic N) is 2. The average molecular weight is 249 g/mol. The highest BCUT2D eigenvalue weighted by atomic mass is 32.1. The van der Waals surface area contributed by atoms with Gasteiger partial charge >= 0.3 is 0 Å². The third-order valence-electron chi connectivity index (χ3n) is 2.70. The van der Waals surface area contributed by atoms with Crippen molar-refractivity contribution in [3.63, 3.8) is 0 Å². The highest BCUT2D eigenvalue weighted by Gasteiger charge is 2.08. The average Bonchev–Trinajstić information content (AvgIpc) is 2.78. The van der Waals surface area contributed by atoms with Crippen molar-refractivity contribution >= 4 is 16.5 Å². The number of hydrogen-bond donors (Lipinski definition) is 1. The summed E-state index contributed by atoms with van der Waals surface area (Å²) < 4.78 is 9.66. The molecule has 90 valence electrons. The standard InChI is InChI=1S/C12H15N3OS/c1-8-5-4-6-11(9(8)2)16-7-10-12(13-3)17-15-14-10/h4-6,13H,7H2,1-3H3. The van der Waals surface area contributed by atoms with Crippen molar-refractivity contribution in [2.75, 3.05) is 12.4 Å². The molecule has 0 atom stereocenters. The quantitative estimate of drug-likeness (QED) is 0.905. The molecular weight excluding hydrogens is 234 g/mol. The van der Waals surface area contributed by atoms with E-state index < -0.39 is 0 Å². The Morgan fingerprint density at radius 3 is 2.94 bits per heavy atom. The van der Waals surface area contributed by atoms with Crippen LogP contribution in [0.25, 0.3) is 0 Å². The first-order valence-corrected chi connectivity index (χ1v) is 6.17. The highest BCUT2D eigenvalue weighted by Crippen LogP contribution is 2.23. The van der Waals surface area contributed by atoms with Gasteiger partial charge in [0.15, 0.2) is 0 Å². The lowest BCUT2D eigenvalue weighted by molar-refractivity contribution is 0.299. The SMILES string of the molecule is CNc1snnc1COc1cccc(C)c1C. The summed E-state index contributed by atoms with van der Waals surface area (Å²) in [6.07, 6.45) is 0. The van der Waals surface area contributed by atoms with E-state index in [0.29, 0.717) is 6.61 Å². The fraction of sp³-hybridized carbons (Fsp3) is 0.333. The molecule has 17 heavy (non-hydrogen) atoms. The Bertz CT molecular complexity index is 510. The molecule has 5 heteroatoms. The lowest BCUT2D eigenvalue weighted by Crippen LogP contribution is -2.01. The molecule has 2 rings (SSSR count). The molecule has 0 aliphatic carbocycles. The van der Waals surface area contributed by atoms with E-state index in [2.05, 4.69) is 34.8 Å². The number of hydrogen-bond acceptors (Lipinski definition) is 5. The lowest BCUT2D eigenvalue weighted by Gasteiger charge is -2.10. The van der Waals surface area contributed by atoms with Crippen LogP contribution in [0.15, 0.2) is 18.2 Å². The number of anilines is 1. The van der Waals surface area contributed by atoms with Gasteiger partial charge in [0.05, 0.1) is 0 Å². The molecule has 0 aliphatic rings. The fourth-order valence-electron chi connectivity index (χ4n) is 1.52. The zero-order chi connectivity index (χ0) is 12.3. The molecule has 1 aromatic heterocycles. The van der Waals surface area contributed by atoms with Crippen LogP contribution < -0.4 is 10.1 Å². The molecule has 0 amide bonds. The third-order valence-corrected chi connectivity index (χ3v) is 3.49. The Labute approximate surface area is 105 Å². The molecule has 0 saturated carbocycles. The zero-order valence-electron chi connectivity index (χ0n) is 10.2. The Kier molecular flexibility index (Phi) is 3.58. The zero-order valence-corrected chi connectivity index (χ0v) is 11.0. The summed E-state index contributed by atoms with van der Waals surface area (Å²) in [5, 5.41) is 8.04. The monoisotopic (exact) mass is 249 g/mol. The predicted octanol–water partition coefficient (Wildman–Crippen LogP) is 2.78. The maximum Gasteiger partial charge on any atom is 0.136 e. The molecule has 0 aliphatic heterocycles. The van der Waals surface area contributed by atoms with Crippen LogP contribution >= 0.6 is 11.5 Å². The van der Waals surface area contributed by atoms with Crippen molar-refractivity contribution in [1.82, 2.24) is 9.59 Å². The van der Waals surface area contributed by atoms with Crippen molar-refractivity contribution in [3.05, 3.63) is 35.0 Å². The van der Waals surface area contributed by atoms with Crippen LogP contribution in [0.3, 0.4) is 0 Å². The van der Waals surface area contributed by atoms with Gasteiger partial charge in [-0.2, -0.15) is 0 Å². The molecule has 0 radical (unpaired) electrons. The summed E-state index contributed by atoms with van der Waals surface area (Å²) in [5.74, 6) is 0.903. The fourth-order valence-corrected chi connectivity index (χ4v) is 2.04. The second kappa shape index (κ2) is 5.14. The van der Waals surface area contributed by atoms with E-state index in [1.165, 1.54) is 22.7 Å². The second-order valence-corrected chi connectivity index (χ2v) is 4.54. The highest BCUT2D eigenvalue weighted by molar-refractivity contribution is 7.10. The topological polar surface area (TPSA) is 47.0 Å². The molecule has 0 saturated heterocycles. The third kappa shape index (κ3) is 2.55. The Morgan fingerprint density at radius 1 is 1.35 bits per heavy atom. The van der Waals surface area contributed by atoms with Crippen molar-refractivity contribution in [3.8, 4) is 5.75 Å². The van der Waals surface area contributed by atoms with E-state index >= 15 is 0 Å². The van der Waals surface area contributed by atoms with Gasteiger partial charge < -0.3 is 10.1 Å². The van der Waals surface area contributed by atoms with Crippen LogP contribution in [0.1, 0.15) is 16.8 Å². The first-order valence-electron chi connectivity index (χ1n) is 5.40. The summed E-state index contributed by atoms with van der Waals surface area (Å²) in [7, 11) is 1.86. The van der Waals surface area contributed by atoms with Crippen LogP contribution in [-0.2, 0) is 6.61 Å². The van der Waals surface area contributed by atoms with Crippen molar-refractivity contribution < 1.29 is 4.74 Å². The summed E-state index contributed by atoms with van der Waals surface area (Å²) in [4.78, 5) is 0. The number of aryl methyl sites for hydroxylation is 1. The molecule has 2 aromatic rings. The molecule has 0 unspecified atom stereocenters. The molecule has 0 spiro atoms. The van der Waals surface area contributed by atoms with Crippen LogP contribution in [0, 0.1) is 13.8 Å². The van der Waals surface area contributed by atoms with Gasteiger partial charge in [-0.1, -0.05) is 16.6 Å². The Balaban J connectivity index is 2.10. The Morgan fingerprint density at radius 2 is 2.18 bits per heavy atom. The number of ether oxygens (including phenoxy) is 1. The molecule has 1 heterocycles. The first-order chi connectivity index (χ1) is 8.22. The van der Waals surface area contributed by atoms with E-state index in [9.17, 15) is 0 Å². The van der Waals surface area contributed by atoms with Gasteiger partial charge in [-0.25, -0.2) is 0 Å². The molecule has 1 aromatic carbocycles. The maximum atomic E-state index is 5.77. The summed E-state index contributed by atoms with van der Waals surface area (Å²) in [5.41, 5.74) is 3.24. The van der Waals surface area contributed by atoms with Crippen LogP contribution in [0.4, 0.5) is 5.00 Å². The minimum Gasteiger partial charge on any atom is -0.487 e. The van der Waals surface area contributed by atoms with E-state index in [1.54, 1.807) is 0 Å². The van der Waals surface area contributed by atoms with E-state index in [0.717, 1.165) is 16.4 Å². The smallest absolute Gasteiger partial charge is 0.136 e. The largest absolute Gasteiger partial charge is 0.487 e. The van der Waals surface area contributed by atoms with E-state index in [4.69, 9.17) is 4.74 Å². The first kappa shape index (κ1) is 11.9. The van der Waals surface area contributed by atoms with Gasteiger partial charge in [0, 0.05) is 18.6 Å². The maximum absolute atomic E-state index is 5.77. The lowest BCUT2D eigenvalue weighted by atomic mass is 10.1. The normalized spacial score (nSPS) is 10.3. The second-order valence-electron chi connectivity index (χ2n) is 3.79. The number of aromatic nitrogens is 2. The molecule has 1 N–H and O–H groups in total. The van der Waals surface area contributed by atoms with Crippen molar-refractivity contribution in [2.45, 2.75) is 20.5 Å². The van der Waals surface area contributed by atoms with Crippen LogP contribution in [0.5, 0.6) is 5.75 Å². The van der Waals surface area contributed by atoms with Gasteiger partial charge in [0.25, 0.3) is 0 Å². The predicted molar refractivity (Wildman–Crippen MR) is 69.7 cm³/mol. The summed E-state index contributed by atoms with van der Waals surface area (Å²) >= 11 is 1.34. The van der Waals surface area contributed by atoms with Gasteiger partial charge in [-0.05, 0) is 31.0 Å². The number of benzene rings is 1. The van der Waals surface area contributed by atoms with Crippen molar-refractivity contribution in [2.24, 2.45) is 0 Å².